The normalized spacial score (nSPS) is 10.3. The molecule has 0 radical (unpaired) electrons. The molecule has 0 bridgehead atoms. The van der Waals surface area contributed by atoms with Crippen molar-refractivity contribution in [2.75, 3.05) is 12.4 Å². The van der Waals surface area contributed by atoms with E-state index in [2.05, 4.69) is 10.3 Å². The van der Waals surface area contributed by atoms with Gasteiger partial charge in [-0.3, -0.25) is 14.7 Å². The third kappa shape index (κ3) is 1.92. The van der Waals surface area contributed by atoms with Gasteiger partial charge in [0, 0.05) is 25.9 Å². The van der Waals surface area contributed by atoms with Crippen LogP contribution in [0.5, 0.6) is 0 Å². The van der Waals surface area contributed by atoms with E-state index in [4.69, 9.17) is 0 Å². The van der Waals surface area contributed by atoms with Gasteiger partial charge in [0.25, 0.3) is 0 Å². The van der Waals surface area contributed by atoms with Gasteiger partial charge >= 0.3 is 5.69 Å². The highest BCUT2D eigenvalue weighted by atomic mass is 16.6. The average molecular weight is 246 g/mol. The molecule has 0 amide bonds. The van der Waals surface area contributed by atoms with E-state index in [1.807, 2.05) is 6.92 Å². The Morgan fingerprint density at radius 3 is 2.89 bits per heavy atom. The first-order valence-corrected chi connectivity index (χ1v) is 5.66. The molecule has 2 rings (SSSR count). The van der Waals surface area contributed by atoms with Crippen LogP contribution < -0.4 is 5.32 Å². The number of nitro groups is 1. The van der Waals surface area contributed by atoms with Crippen molar-refractivity contribution in [3.63, 3.8) is 0 Å². The van der Waals surface area contributed by atoms with Gasteiger partial charge in [0.2, 0.25) is 0 Å². The van der Waals surface area contributed by atoms with Gasteiger partial charge in [-0.05, 0) is 12.1 Å². The second-order valence-electron chi connectivity index (χ2n) is 3.75. The minimum Gasteiger partial charge on any atom is -0.382 e. The van der Waals surface area contributed by atoms with Crippen LogP contribution in [0, 0.1) is 10.1 Å². The predicted octanol–water partition coefficient (Wildman–Crippen LogP) is 2.38. The molecule has 18 heavy (non-hydrogen) atoms. The Balaban J connectivity index is 2.67. The van der Waals surface area contributed by atoms with Crippen LogP contribution in [-0.4, -0.2) is 21.5 Å². The molecule has 1 aromatic heterocycles. The molecule has 1 aromatic carbocycles. The zero-order valence-electron chi connectivity index (χ0n) is 10.3. The molecule has 0 spiro atoms. The minimum absolute atomic E-state index is 0.0627. The number of rotatable bonds is 4. The highest BCUT2D eigenvalue weighted by molar-refractivity contribution is 5.71. The Labute approximate surface area is 104 Å². The Kier molecular flexibility index (Phi) is 3.27. The van der Waals surface area contributed by atoms with Gasteiger partial charge in [0.1, 0.15) is 17.2 Å². The molecule has 0 unspecified atom stereocenters. The van der Waals surface area contributed by atoms with Crippen LogP contribution in [-0.2, 0) is 6.42 Å². The van der Waals surface area contributed by atoms with Gasteiger partial charge < -0.3 is 5.32 Å². The number of hydrogen-bond donors (Lipinski definition) is 1. The Bertz CT molecular complexity index is 577. The highest BCUT2D eigenvalue weighted by Gasteiger charge is 2.21. The van der Waals surface area contributed by atoms with Crippen LogP contribution in [0.2, 0.25) is 0 Å². The molecule has 6 heteroatoms. The second kappa shape index (κ2) is 4.87. The summed E-state index contributed by atoms with van der Waals surface area (Å²) < 4.78 is 1.75. The fourth-order valence-corrected chi connectivity index (χ4v) is 1.93. The van der Waals surface area contributed by atoms with E-state index in [0.717, 1.165) is 5.82 Å². The number of anilines is 1. The zero-order chi connectivity index (χ0) is 13.1. The smallest absolute Gasteiger partial charge is 0.316 e. The Hall–Kier alpha value is -2.37. The van der Waals surface area contributed by atoms with Crippen molar-refractivity contribution in [1.29, 1.82) is 0 Å². The summed E-state index contributed by atoms with van der Waals surface area (Å²) >= 11 is 0. The molecule has 1 N–H and O–H groups in total. The summed E-state index contributed by atoms with van der Waals surface area (Å²) in [4.78, 5) is 15.0. The van der Waals surface area contributed by atoms with E-state index in [0.29, 0.717) is 17.8 Å². The summed E-state index contributed by atoms with van der Waals surface area (Å²) in [6.45, 7) is 1.96. The number of nitrogens with zero attached hydrogens (tertiary/aromatic N) is 3. The fourth-order valence-electron chi connectivity index (χ4n) is 1.93. The standard InChI is InChI=1S/C12H14N4O2/c1-3-11-14-7-8-15(11)10-6-4-5-9(13-2)12(10)16(17)18/h4-8,13H,3H2,1-2H3. The molecule has 94 valence electrons. The lowest BCUT2D eigenvalue weighted by atomic mass is 10.2. The van der Waals surface area contributed by atoms with Crippen LogP contribution in [0.15, 0.2) is 30.6 Å². The highest BCUT2D eigenvalue weighted by Crippen LogP contribution is 2.31. The van der Waals surface area contributed by atoms with E-state index in [-0.39, 0.29) is 10.6 Å². The number of aromatic nitrogens is 2. The molecule has 0 saturated carbocycles. The van der Waals surface area contributed by atoms with E-state index in [9.17, 15) is 10.1 Å². The molecular weight excluding hydrogens is 232 g/mol. The number of nitro benzene ring substituents is 1. The minimum atomic E-state index is -0.374. The van der Waals surface area contributed by atoms with Crippen LogP contribution in [0.1, 0.15) is 12.7 Å². The molecule has 6 nitrogen and oxygen atoms in total. The maximum atomic E-state index is 11.2. The van der Waals surface area contributed by atoms with Crippen molar-refractivity contribution < 1.29 is 4.92 Å². The number of para-hydroxylation sites is 1. The third-order valence-corrected chi connectivity index (χ3v) is 2.76. The number of nitrogens with one attached hydrogen (secondary N) is 1. The summed E-state index contributed by atoms with van der Waals surface area (Å²) in [6, 6.07) is 5.19. The lowest BCUT2D eigenvalue weighted by molar-refractivity contribution is -0.383. The molecular formula is C12H14N4O2. The molecule has 0 saturated heterocycles. The lowest BCUT2D eigenvalue weighted by Gasteiger charge is -2.10. The van der Waals surface area contributed by atoms with Crippen LogP contribution in [0.25, 0.3) is 5.69 Å². The van der Waals surface area contributed by atoms with Crippen molar-refractivity contribution >= 4 is 11.4 Å². The Morgan fingerprint density at radius 2 is 2.28 bits per heavy atom. The molecule has 0 atom stereocenters. The van der Waals surface area contributed by atoms with Gasteiger partial charge in [0.05, 0.1) is 4.92 Å². The van der Waals surface area contributed by atoms with Gasteiger partial charge in [-0.15, -0.1) is 0 Å². The summed E-state index contributed by atoms with van der Waals surface area (Å²) in [6.07, 6.45) is 4.10. The summed E-state index contributed by atoms with van der Waals surface area (Å²) in [5.41, 5.74) is 1.09. The molecule has 0 aliphatic carbocycles. The average Bonchev–Trinajstić information content (AvgIpc) is 2.85. The fraction of sp³-hybridized carbons (Fsp3) is 0.250. The maximum absolute atomic E-state index is 11.2. The lowest BCUT2D eigenvalue weighted by Crippen LogP contribution is -2.05. The van der Waals surface area contributed by atoms with Crippen LogP contribution in [0.3, 0.4) is 0 Å². The first-order valence-electron chi connectivity index (χ1n) is 5.66. The summed E-state index contributed by atoms with van der Waals surface area (Å²) in [5, 5.41) is 14.1. The third-order valence-electron chi connectivity index (χ3n) is 2.76. The van der Waals surface area contributed by atoms with Crippen molar-refractivity contribution in [2.24, 2.45) is 0 Å². The van der Waals surface area contributed by atoms with Gasteiger partial charge in [-0.2, -0.15) is 0 Å². The van der Waals surface area contributed by atoms with Crippen molar-refractivity contribution in [3.8, 4) is 5.69 Å². The number of aryl methyl sites for hydroxylation is 1. The van der Waals surface area contributed by atoms with Gasteiger partial charge in [-0.1, -0.05) is 13.0 Å². The molecule has 2 aromatic rings. The topological polar surface area (TPSA) is 73.0 Å². The molecule has 0 aliphatic rings. The van der Waals surface area contributed by atoms with Crippen molar-refractivity contribution in [1.82, 2.24) is 9.55 Å². The molecule has 1 heterocycles. The number of hydrogen-bond acceptors (Lipinski definition) is 4. The molecule has 0 aliphatic heterocycles. The first-order chi connectivity index (χ1) is 8.69. The monoisotopic (exact) mass is 246 g/mol. The zero-order valence-corrected chi connectivity index (χ0v) is 10.3. The largest absolute Gasteiger partial charge is 0.382 e. The number of imidazole rings is 1. The number of benzene rings is 1. The predicted molar refractivity (Wildman–Crippen MR) is 69.1 cm³/mol. The maximum Gasteiger partial charge on any atom is 0.316 e. The molecule has 0 fully saturated rings. The van der Waals surface area contributed by atoms with E-state index in [1.54, 1.807) is 42.2 Å². The van der Waals surface area contributed by atoms with Crippen molar-refractivity contribution in [3.05, 3.63) is 46.5 Å². The SMILES string of the molecule is CCc1nccn1-c1cccc(NC)c1[N+](=O)[O-]. The van der Waals surface area contributed by atoms with E-state index >= 15 is 0 Å². The quantitative estimate of drug-likeness (QED) is 0.664. The van der Waals surface area contributed by atoms with Crippen LogP contribution >= 0.6 is 0 Å². The summed E-state index contributed by atoms with van der Waals surface area (Å²) in [5.74, 6) is 0.798. The Morgan fingerprint density at radius 1 is 1.50 bits per heavy atom. The van der Waals surface area contributed by atoms with E-state index < -0.39 is 0 Å². The van der Waals surface area contributed by atoms with Gasteiger partial charge in [-0.25, -0.2) is 4.98 Å². The van der Waals surface area contributed by atoms with E-state index in [1.165, 1.54) is 0 Å². The second-order valence-corrected chi connectivity index (χ2v) is 3.75. The van der Waals surface area contributed by atoms with Gasteiger partial charge in [0.15, 0.2) is 0 Å². The van der Waals surface area contributed by atoms with Crippen LogP contribution in [0.4, 0.5) is 11.4 Å². The first kappa shape index (κ1) is 12.1. The van der Waals surface area contributed by atoms with Crippen molar-refractivity contribution in [2.45, 2.75) is 13.3 Å². The summed E-state index contributed by atoms with van der Waals surface area (Å²) in [7, 11) is 1.67.